The number of aryl methyl sites for hydroxylation is 1. The van der Waals surface area contributed by atoms with Gasteiger partial charge in [-0.1, -0.05) is 35.9 Å². The van der Waals surface area contributed by atoms with Gasteiger partial charge in [0.2, 0.25) is 0 Å². The number of anilines is 1. The first-order valence-corrected chi connectivity index (χ1v) is 8.44. The van der Waals surface area contributed by atoms with Crippen LogP contribution in [0.15, 0.2) is 48.5 Å². The molecule has 23 heavy (non-hydrogen) atoms. The van der Waals surface area contributed by atoms with Crippen LogP contribution in [0.3, 0.4) is 0 Å². The summed E-state index contributed by atoms with van der Waals surface area (Å²) in [5.41, 5.74) is 4.71. The maximum atomic E-state index is 12.8. The standard InChI is InChI=1S/C20H22N2O/c1-14-9-10-19-16(12-14)17-13-22(11-5-8-18(17)21-19)20(23)15-6-3-2-4-7-15/h2-4,6-7,9-10,12,17-18,21H,5,8,11,13H2,1H3. The number of rotatable bonds is 1. The number of nitrogens with zero attached hydrogens (tertiary/aromatic N) is 1. The number of likely N-dealkylation sites (tertiary alicyclic amines) is 1. The maximum Gasteiger partial charge on any atom is 0.253 e. The molecule has 4 rings (SSSR count). The molecule has 0 radical (unpaired) electrons. The second-order valence-corrected chi connectivity index (χ2v) is 6.71. The van der Waals surface area contributed by atoms with E-state index >= 15 is 0 Å². The van der Waals surface area contributed by atoms with Crippen LogP contribution in [-0.4, -0.2) is 29.9 Å². The SMILES string of the molecule is Cc1ccc2c(c1)C1CN(C(=O)c3ccccc3)CCCC1N2. The number of amides is 1. The summed E-state index contributed by atoms with van der Waals surface area (Å²) in [6.07, 6.45) is 2.18. The van der Waals surface area contributed by atoms with Gasteiger partial charge >= 0.3 is 0 Å². The predicted molar refractivity (Wildman–Crippen MR) is 92.9 cm³/mol. The van der Waals surface area contributed by atoms with Crippen molar-refractivity contribution in [1.29, 1.82) is 0 Å². The Labute approximate surface area is 137 Å². The molecule has 1 N–H and O–H groups in total. The van der Waals surface area contributed by atoms with Crippen LogP contribution in [0.25, 0.3) is 0 Å². The van der Waals surface area contributed by atoms with Crippen LogP contribution in [0.1, 0.15) is 40.2 Å². The number of fused-ring (bicyclic) bond motifs is 3. The molecule has 0 spiro atoms. The fraction of sp³-hybridized carbons (Fsp3) is 0.350. The summed E-state index contributed by atoms with van der Waals surface area (Å²) in [4.78, 5) is 14.9. The van der Waals surface area contributed by atoms with E-state index in [0.29, 0.717) is 12.0 Å². The first-order valence-electron chi connectivity index (χ1n) is 8.44. The molecule has 0 saturated carbocycles. The summed E-state index contributed by atoms with van der Waals surface area (Å²) in [6.45, 7) is 3.79. The highest BCUT2D eigenvalue weighted by molar-refractivity contribution is 5.94. The Morgan fingerprint density at radius 3 is 2.83 bits per heavy atom. The van der Waals surface area contributed by atoms with E-state index in [-0.39, 0.29) is 5.91 Å². The largest absolute Gasteiger partial charge is 0.381 e. The lowest BCUT2D eigenvalue weighted by Crippen LogP contribution is -2.35. The van der Waals surface area contributed by atoms with E-state index in [0.717, 1.165) is 31.5 Å². The average Bonchev–Trinajstić information content (AvgIpc) is 2.77. The van der Waals surface area contributed by atoms with Gasteiger partial charge in [0.25, 0.3) is 5.91 Å². The van der Waals surface area contributed by atoms with Gasteiger partial charge in [-0.15, -0.1) is 0 Å². The van der Waals surface area contributed by atoms with Gasteiger partial charge in [-0.05, 0) is 43.5 Å². The van der Waals surface area contributed by atoms with Crippen molar-refractivity contribution in [2.24, 2.45) is 0 Å². The summed E-state index contributed by atoms with van der Waals surface area (Å²) < 4.78 is 0. The van der Waals surface area contributed by atoms with E-state index in [2.05, 4.69) is 30.4 Å². The van der Waals surface area contributed by atoms with Crippen molar-refractivity contribution in [1.82, 2.24) is 4.90 Å². The zero-order valence-corrected chi connectivity index (χ0v) is 13.5. The summed E-state index contributed by atoms with van der Waals surface area (Å²) in [5.74, 6) is 0.562. The Balaban J connectivity index is 1.62. The molecule has 118 valence electrons. The van der Waals surface area contributed by atoms with Crippen molar-refractivity contribution in [3.05, 3.63) is 65.2 Å². The van der Waals surface area contributed by atoms with Crippen molar-refractivity contribution >= 4 is 11.6 Å². The van der Waals surface area contributed by atoms with Crippen LogP contribution in [0.2, 0.25) is 0 Å². The number of carbonyl (C=O) groups excluding carboxylic acids is 1. The molecule has 2 atom stereocenters. The van der Waals surface area contributed by atoms with E-state index < -0.39 is 0 Å². The third-order valence-electron chi connectivity index (χ3n) is 5.10. The van der Waals surface area contributed by atoms with Crippen molar-refractivity contribution in [3.8, 4) is 0 Å². The van der Waals surface area contributed by atoms with Crippen molar-refractivity contribution in [2.45, 2.75) is 31.7 Å². The molecular formula is C20H22N2O. The van der Waals surface area contributed by atoms with E-state index in [1.807, 2.05) is 35.2 Å². The Morgan fingerprint density at radius 1 is 1.17 bits per heavy atom. The summed E-state index contributed by atoms with van der Waals surface area (Å²) >= 11 is 0. The van der Waals surface area contributed by atoms with E-state index in [4.69, 9.17) is 0 Å². The molecule has 1 saturated heterocycles. The predicted octanol–water partition coefficient (Wildman–Crippen LogP) is 3.81. The average molecular weight is 306 g/mol. The minimum Gasteiger partial charge on any atom is -0.381 e. The fourth-order valence-corrected chi connectivity index (χ4v) is 3.91. The Hall–Kier alpha value is -2.29. The molecule has 2 unspecified atom stereocenters. The molecule has 3 nitrogen and oxygen atoms in total. The molecule has 3 heteroatoms. The van der Waals surface area contributed by atoms with E-state index in [1.165, 1.54) is 16.8 Å². The third-order valence-corrected chi connectivity index (χ3v) is 5.10. The Morgan fingerprint density at radius 2 is 2.00 bits per heavy atom. The smallest absolute Gasteiger partial charge is 0.253 e. The third kappa shape index (κ3) is 2.61. The number of benzene rings is 2. The molecule has 1 fully saturated rings. The summed E-state index contributed by atoms with van der Waals surface area (Å²) in [7, 11) is 0. The Bertz CT molecular complexity index is 726. The lowest BCUT2D eigenvalue weighted by Gasteiger charge is -2.25. The van der Waals surface area contributed by atoms with Crippen molar-refractivity contribution in [2.75, 3.05) is 18.4 Å². The highest BCUT2D eigenvalue weighted by Crippen LogP contribution is 2.40. The number of nitrogens with one attached hydrogen (secondary N) is 1. The van der Waals surface area contributed by atoms with Gasteiger partial charge in [0.15, 0.2) is 0 Å². The van der Waals surface area contributed by atoms with Gasteiger partial charge in [-0.2, -0.15) is 0 Å². The first kappa shape index (κ1) is 14.3. The monoisotopic (exact) mass is 306 g/mol. The minimum atomic E-state index is 0.160. The molecule has 2 heterocycles. The van der Waals surface area contributed by atoms with Crippen molar-refractivity contribution < 1.29 is 4.79 Å². The summed E-state index contributed by atoms with van der Waals surface area (Å²) in [5, 5.41) is 3.66. The molecule has 2 aliphatic rings. The summed E-state index contributed by atoms with van der Waals surface area (Å²) in [6, 6.07) is 16.7. The fourth-order valence-electron chi connectivity index (χ4n) is 3.91. The van der Waals surface area contributed by atoms with Crippen LogP contribution in [0.5, 0.6) is 0 Å². The molecule has 1 amide bonds. The zero-order chi connectivity index (χ0) is 15.8. The van der Waals surface area contributed by atoms with Crippen LogP contribution in [0.4, 0.5) is 5.69 Å². The van der Waals surface area contributed by atoms with Gasteiger partial charge in [0.1, 0.15) is 0 Å². The van der Waals surface area contributed by atoms with Gasteiger partial charge in [0, 0.05) is 36.3 Å². The maximum absolute atomic E-state index is 12.8. The molecule has 2 aromatic carbocycles. The number of hydrogen-bond acceptors (Lipinski definition) is 2. The first-order chi connectivity index (χ1) is 11.2. The van der Waals surface area contributed by atoms with Gasteiger partial charge in [-0.3, -0.25) is 4.79 Å². The molecular weight excluding hydrogens is 284 g/mol. The molecule has 2 aliphatic heterocycles. The quantitative estimate of drug-likeness (QED) is 0.869. The number of hydrogen-bond donors (Lipinski definition) is 1. The second kappa shape index (κ2) is 5.73. The van der Waals surface area contributed by atoms with Crippen LogP contribution < -0.4 is 5.32 Å². The van der Waals surface area contributed by atoms with Gasteiger partial charge in [0.05, 0.1) is 0 Å². The lowest BCUT2D eigenvalue weighted by molar-refractivity contribution is 0.0754. The Kier molecular flexibility index (Phi) is 3.56. The van der Waals surface area contributed by atoms with Crippen LogP contribution >= 0.6 is 0 Å². The molecule has 0 aliphatic carbocycles. The zero-order valence-electron chi connectivity index (χ0n) is 13.5. The normalized spacial score (nSPS) is 22.7. The van der Waals surface area contributed by atoms with Crippen LogP contribution in [0, 0.1) is 6.92 Å². The minimum absolute atomic E-state index is 0.160. The molecule has 0 bridgehead atoms. The van der Waals surface area contributed by atoms with Crippen LogP contribution in [-0.2, 0) is 0 Å². The second-order valence-electron chi connectivity index (χ2n) is 6.71. The lowest BCUT2D eigenvalue weighted by atomic mass is 9.92. The van der Waals surface area contributed by atoms with E-state index in [1.54, 1.807) is 0 Å². The van der Waals surface area contributed by atoms with Crippen molar-refractivity contribution in [3.63, 3.8) is 0 Å². The van der Waals surface area contributed by atoms with E-state index in [9.17, 15) is 4.79 Å². The highest BCUT2D eigenvalue weighted by atomic mass is 16.2. The van der Waals surface area contributed by atoms with Gasteiger partial charge in [-0.25, -0.2) is 0 Å². The number of carbonyl (C=O) groups is 1. The molecule has 2 aromatic rings. The molecule has 0 aromatic heterocycles. The van der Waals surface area contributed by atoms with Gasteiger partial charge < -0.3 is 10.2 Å². The highest BCUT2D eigenvalue weighted by Gasteiger charge is 2.36. The topological polar surface area (TPSA) is 32.3 Å².